The Morgan fingerprint density at radius 1 is 0.667 bits per heavy atom. The summed E-state index contributed by atoms with van der Waals surface area (Å²) < 4.78 is 12.8. The van der Waals surface area contributed by atoms with Crippen LogP contribution in [0, 0.1) is 11.8 Å². The van der Waals surface area contributed by atoms with Crippen molar-refractivity contribution in [2.45, 2.75) is 158 Å². The standard InChI is InChI=1S/C44H70O4/c1-9-11-13-21-37-29-41(45)39(25-23-35(7)19-15-17-33(3)4)43(31-37)47-27-28-48-44-32-38(22-14-12-10-2)30-42(46)40(44)26-24-36(8)20-16-18-34(5)6/h17,23,29-32,34,36,45-46H,9-16,18-22,24-28H2,1-8H3/b35-23+/t36-/m0/s1. The van der Waals surface area contributed by atoms with Gasteiger partial charge in [-0.15, -0.1) is 0 Å². The average molecular weight is 663 g/mol. The third-order valence-corrected chi connectivity index (χ3v) is 9.34. The highest BCUT2D eigenvalue weighted by Crippen LogP contribution is 2.35. The highest BCUT2D eigenvalue weighted by Gasteiger charge is 2.16. The minimum Gasteiger partial charge on any atom is -0.508 e. The fourth-order valence-corrected chi connectivity index (χ4v) is 6.21. The lowest BCUT2D eigenvalue weighted by Crippen LogP contribution is -2.12. The molecule has 0 spiro atoms. The van der Waals surface area contributed by atoms with Crippen LogP contribution in [-0.2, 0) is 25.7 Å². The Hall–Kier alpha value is -2.88. The number of benzene rings is 2. The molecule has 0 heterocycles. The molecule has 2 aromatic rings. The third-order valence-electron chi connectivity index (χ3n) is 9.34. The van der Waals surface area contributed by atoms with Crippen molar-refractivity contribution in [3.8, 4) is 23.0 Å². The van der Waals surface area contributed by atoms with Gasteiger partial charge in [-0.2, -0.15) is 0 Å². The van der Waals surface area contributed by atoms with Crippen LogP contribution in [0.15, 0.2) is 47.6 Å². The van der Waals surface area contributed by atoms with E-state index in [1.165, 1.54) is 49.7 Å². The Kier molecular flexibility index (Phi) is 20.2. The predicted molar refractivity (Wildman–Crippen MR) is 206 cm³/mol. The van der Waals surface area contributed by atoms with Gasteiger partial charge in [0.25, 0.3) is 0 Å². The summed E-state index contributed by atoms with van der Waals surface area (Å²) in [6, 6.07) is 8.13. The van der Waals surface area contributed by atoms with Gasteiger partial charge in [0.05, 0.1) is 0 Å². The van der Waals surface area contributed by atoms with Crippen LogP contribution in [0.1, 0.15) is 155 Å². The molecule has 0 saturated carbocycles. The number of phenolic OH excluding ortho intramolecular Hbond substituents is 2. The predicted octanol–water partition coefficient (Wildman–Crippen LogP) is 12.7. The second-order valence-electron chi connectivity index (χ2n) is 14.8. The normalized spacial score (nSPS) is 12.4. The first kappa shape index (κ1) is 41.3. The van der Waals surface area contributed by atoms with Gasteiger partial charge in [0.1, 0.15) is 36.2 Å². The molecule has 0 fully saturated rings. The first-order valence-corrected chi connectivity index (χ1v) is 19.3. The molecule has 0 radical (unpaired) electrons. The van der Waals surface area contributed by atoms with E-state index in [-0.39, 0.29) is 0 Å². The molecule has 0 unspecified atom stereocenters. The maximum atomic E-state index is 11.1. The zero-order chi connectivity index (χ0) is 35.3. The summed E-state index contributed by atoms with van der Waals surface area (Å²) in [6.45, 7) is 18.5. The topological polar surface area (TPSA) is 58.9 Å². The van der Waals surface area contributed by atoms with Gasteiger partial charge < -0.3 is 19.7 Å². The van der Waals surface area contributed by atoms with Gasteiger partial charge in [0.2, 0.25) is 0 Å². The van der Waals surface area contributed by atoms with E-state index in [4.69, 9.17) is 9.47 Å². The van der Waals surface area contributed by atoms with Crippen LogP contribution in [0.4, 0.5) is 0 Å². The van der Waals surface area contributed by atoms with Crippen molar-refractivity contribution in [1.29, 1.82) is 0 Å². The molecule has 4 nitrogen and oxygen atoms in total. The summed E-state index contributed by atoms with van der Waals surface area (Å²) in [6.07, 6.45) is 21.5. The van der Waals surface area contributed by atoms with Crippen LogP contribution >= 0.6 is 0 Å². The van der Waals surface area contributed by atoms with Gasteiger partial charge >= 0.3 is 0 Å². The van der Waals surface area contributed by atoms with Crippen LogP contribution < -0.4 is 9.47 Å². The molecule has 0 aliphatic carbocycles. The number of ether oxygens (including phenoxy) is 2. The minimum atomic E-state index is 0.308. The van der Waals surface area contributed by atoms with Crippen molar-refractivity contribution < 1.29 is 19.7 Å². The lowest BCUT2D eigenvalue weighted by Gasteiger charge is -2.18. The molecule has 0 amide bonds. The summed E-state index contributed by atoms with van der Waals surface area (Å²) in [5.74, 6) is 3.53. The molecule has 2 rings (SSSR count). The largest absolute Gasteiger partial charge is 0.508 e. The van der Waals surface area contributed by atoms with Crippen molar-refractivity contribution in [2.24, 2.45) is 11.8 Å². The van der Waals surface area contributed by atoms with Crippen molar-refractivity contribution in [2.75, 3.05) is 13.2 Å². The monoisotopic (exact) mass is 663 g/mol. The Morgan fingerprint density at radius 3 is 1.77 bits per heavy atom. The van der Waals surface area contributed by atoms with Crippen LogP contribution in [-0.4, -0.2) is 23.4 Å². The molecule has 48 heavy (non-hydrogen) atoms. The van der Waals surface area contributed by atoms with Gasteiger partial charge in [0, 0.05) is 11.1 Å². The molecule has 1 atom stereocenters. The summed E-state index contributed by atoms with van der Waals surface area (Å²) in [4.78, 5) is 0. The second kappa shape index (κ2) is 23.5. The van der Waals surface area contributed by atoms with Crippen molar-refractivity contribution in [1.82, 2.24) is 0 Å². The Balaban J connectivity index is 2.19. The van der Waals surface area contributed by atoms with Crippen molar-refractivity contribution in [3.05, 3.63) is 69.8 Å². The SMILES string of the molecule is CCCCCc1cc(O)c(C/C=C(\C)CCC=C(C)C)c(OCCOc2cc(CCCCC)cc(O)c2CC[C@@H](C)CCCC(C)C)c1. The molecular formula is C44H70O4. The lowest BCUT2D eigenvalue weighted by atomic mass is 9.93. The van der Waals surface area contributed by atoms with Crippen LogP contribution in [0.3, 0.4) is 0 Å². The number of allylic oxidation sites excluding steroid dienone is 4. The van der Waals surface area contributed by atoms with Gasteiger partial charge in [-0.25, -0.2) is 0 Å². The molecule has 0 bridgehead atoms. The smallest absolute Gasteiger partial charge is 0.126 e. The summed E-state index contributed by atoms with van der Waals surface area (Å²) in [5, 5.41) is 22.3. The zero-order valence-electron chi connectivity index (χ0n) is 32.1. The quantitative estimate of drug-likeness (QED) is 0.0820. The Bertz CT molecular complexity index is 1250. The van der Waals surface area contributed by atoms with Gasteiger partial charge in [-0.1, -0.05) is 103 Å². The number of phenols is 2. The first-order valence-electron chi connectivity index (χ1n) is 19.3. The van der Waals surface area contributed by atoms with Gasteiger partial charge in [-0.05, 0) is 126 Å². The van der Waals surface area contributed by atoms with E-state index in [2.05, 4.69) is 79.7 Å². The van der Waals surface area contributed by atoms with Crippen LogP contribution in [0.5, 0.6) is 23.0 Å². The fourth-order valence-electron chi connectivity index (χ4n) is 6.21. The number of hydrogen-bond donors (Lipinski definition) is 2. The number of aryl methyl sites for hydroxylation is 2. The summed E-state index contributed by atoms with van der Waals surface area (Å²) in [5.41, 5.74) is 6.64. The van der Waals surface area contributed by atoms with E-state index < -0.39 is 0 Å². The maximum absolute atomic E-state index is 11.1. The lowest BCUT2D eigenvalue weighted by molar-refractivity contribution is 0.213. The fraction of sp³-hybridized carbons (Fsp3) is 0.636. The van der Waals surface area contributed by atoms with E-state index in [1.54, 1.807) is 0 Å². The zero-order valence-corrected chi connectivity index (χ0v) is 32.1. The Labute approximate surface area is 295 Å². The van der Waals surface area contributed by atoms with Gasteiger partial charge in [-0.3, -0.25) is 0 Å². The molecule has 0 saturated heterocycles. The van der Waals surface area contributed by atoms with E-state index >= 15 is 0 Å². The first-order chi connectivity index (χ1) is 23.0. The molecule has 0 aromatic heterocycles. The molecule has 4 heteroatoms. The molecule has 2 N–H and O–H groups in total. The average Bonchev–Trinajstić information content (AvgIpc) is 3.02. The number of hydrogen-bond acceptors (Lipinski definition) is 4. The number of aromatic hydroxyl groups is 2. The van der Waals surface area contributed by atoms with E-state index in [9.17, 15) is 10.2 Å². The molecule has 270 valence electrons. The van der Waals surface area contributed by atoms with Gasteiger partial charge in [0.15, 0.2) is 0 Å². The van der Waals surface area contributed by atoms with Crippen molar-refractivity contribution in [3.63, 3.8) is 0 Å². The summed E-state index contributed by atoms with van der Waals surface area (Å²) >= 11 is 0. The molecule has 0 aliphatic heterocycles. The molecule has 0 aliphatic rings. The third kappa shape index (κ3) is 16.5. The van der Waals surface area contributed by atoms with E-state index in [1.807, 2.05) is 12.1 Å². The van der Waals surface area contributed by atoms with Crippen LogP contribution in [0.25, 0.3) is 0 Å². The molecule has 2 aromatic carbocycles. The van der Waals surface area contributed by atoms with Crippen molar-refractivity contribution >= 4 is 0 Å². The van der Waals surface area contributed by atoms with E-state index in [0.717, 1.165) is 97.5 Å². The maximum Gasteiger partial charge on any atom is 0.126 e. The van der Waals surface area contributed by atoms with Crippen LogP contribution in [0.2, 0.25) is 0 Å². The Morgan fingerprint density at radius 2 is 1.23 bits per heavy atom. The number of rotatable bonds is 25. The highest BCUT2D eigenvalue weighted by molar-refractivity contribution is 5.49. The number of unbranched alkanes of at least 4 members (excludes halogenated alkanes) is 4. The molecular weight excluding hydrogens is 592 g/mol. The second-order valence-corrected chi connectivity index (χ2v) is 14.8. The summed E-state index contributed by atoms with van der Waals surface area (Å²) in [7, 11) is 0. The highest BCUT2D eigenvalue weighted by atomic mass is 16.5. The minimum absolute atomic E-state index is 0.308. The van der Waals surface area contributed by atoms with E-state index in [0.29, 0.717) is 37.1 Å².